The van der Waals surface area contributed by atoms with Crippen LogP contribution < -0.4 is 10.5 Å². The average molecular weight is 604 g/mol. The fraction of sp³-hybridized carbons (Fsp3) is 0.424. The number of aromatic hydroxyl groups is 1. The van der Waals surface area contributed by atoms with Crippen molar-refractivity contribution in [3.05, 3.63) is 69.7 Å². The molecule has 11 nitrogen and oxygen atoms in total. The number of hydrogen-bond donors (Lipinski definition) is 5. The zero-order chi connectivity index (χ0) is 31.7. The first kappa shape index (κ1) is 29.9. The number of allylic oxidation sites excluding steroid dienone is 1. The lowest BCUT2D eigenvalue weighted by Gasteiger charge is -2.50. The minimum atomic E-state index is -2.68. The SMILES string of the molecule is COc1ccc(CN2CCCC2)cc1-c1ccc(O)c2c1CC1CC3C(N(C)C)C(O)=C(C(N)=O)C(=O)C3(O)C(O)=C1C2=O. The Labute approximate surface area is 254 Å². The Hall–Kier alpha value is -4.19. The van der Waals surface area contributed by atoms with Crippen LogP contribution in [-0.2, 0) is 22.6 Å². The third-order valence-electron chi connectivity index (χ3n) is 9.76. The highest BCUT2D eigenvalue weighted by molar-refractivity contribution is 6.25. The summed E-state index contributed by atoms with van der Waals surface area (Å²) in [6, 6.07) is 8.05. The van der Waals surface area contributed by atoms with Crippen LogP contribution in [-0.4, -0.2) is 93.6 Å². The molecule has 4 unspecified atom stereocenters. The second-order valence-corrected chi connectivity index (χ2v) is 12.5. The summed E-state index contributed by atoms with van der Waals surface area (Å²) in [7, 11) is 4.77. The van der Waals surface area contributed by atoms with Gasteiger partial charge in [0.2, 0.25) is 5.78 Å². The van der Waals surface area contributed by atoms with Gasteiger partial charge in [-0.1, -0.05) is 12.1 Å². The third kappa shape index (κ3) is 4.33. The number of phenols is 1. The standard InChI is InChI=1S/C33H37N3O8/c1-35(2)27-21-14-17-13-20-18(19-12-16(6-9-23(19)44-3)15-36-10-4-5-11-36)7-8-22(37)25(20)28(38)24(17)30(40)33(21,43)31(41)26(29(27)39)32(34)42/h6-9,12,17,21,27,37,39-40,43H,4-5,10-11,13-15H2,1-3H3,(H2,34,42). The molecule has 1 amide bonds. The molecule has 232 valence electrons. The second-order valence-electron chi connectivity index (χ2n) is 12.5. The van der Waals surface area contributed by atoms with Crippen LogP contribution in [0.3, 0.4) is 0 Å². The molecule has 1 heterocycles. The number of nitrogens with two attached hydrogens (primary N) is 1. The lowest BCUT2D eigenvalue weighted by molar-refractivity contribution is -0.148. The molecule has 1 aliphatic heterocycles. The molecule has 0 aromatic heterocycles. The number of phenolic OH excluding ortho intramolecular Hbond substituents is 1. The van der Waals surface area contributed by atoms with Crippen molar-refractivity contribution in [3.8, 4) is 22.6 Å². The Morgan fingerprint density at radius 2 is 1.80 bits per heavy atom. The zero-order valence-electron chi connectivity index (χ0n) is 25.0. The number of rotatable bonds is 6. The van der Waals surface area contributed by atoms with E-state index in [2.05, 4.69) is 4.90 Å². The van der Waals surface area contributed by atoms with Crippen LogP contribution in [0.4, 0.5) is 0 Å². The maximum atomic E-state index is 14.1. The maximum absolute atomic E-state index is 14.1. The number of likely N-dealkylation sites (N-methyl/N-ethyl adjacent to an activating group) is 1. The molecule has 11 heteroatoms. The Bertz CT molecular complexity index is 1650. The quantitative estimate of drug-likeness (QED) is 0.309. The predicted octanol–water partition coefficient (Wildman–Crippen LogP) is 2.39. The molecule has 0 saturated carbocycles. The van der Waals surface area contributed by atoms with Crippen molar-refractivity contribution in [2.75, 3.05) is 34.3 Å². The molecule has 44 heavy (non-hydrogen) atoms. The van der Waals surface area contributed by atoms with Crippen LogP contribution in [0.15, 0.2) is 53.0 Å². The molecule has 1 saturated heterocycles. The first-order chi connectivity index (χ1) is 20.9. The molecule has 6 rings (SSSR count). The molecule has 2 aromatic rings. The van der Waals surface area contributed by atoms with Crippen molar-refractivity contribution in [1.82, 2.24) is 9.80 Å². The fourth-order valence-corrected chi connectivity index (χ4v) is 7.77. The van der Waals surface area contributed by atoms with Gasteiger partial charge < -0.3 is 30.9 Å². The largest absolute Gasteiger partial charge is 0.510 e. The van der Waals surface area contributed by atoms with E-state index >= 15 is 0 Å². The number of nitrogens with zero attached hydrogens (tertiary/aromatic N) is 2. The number of aliphatic hydroxyl groups excluding tert-OH is 2. The monoisotopic (exact) mass is 603 g/mol. The first-order valence-corrected chi connectivity index (χ1v) is 14.8. The van der Waals surface area contributed by atoms with Gasteiger partial charge in [-0.05, 0) is 93.7 Å². The van der Waals surface area contributed by atoms with E-state index in [1.54, 1.807) is 27.3 Å². The molecule has 6 N–H and O–H groups in total. The third-order valence-corrected chi connectivity index (χ3v) is 9.76. The summed E-state index contributed by atoms with van der Waals surface area (Å²) in [6.45, 7) is 2.82. The molecule has 1 fully saturated rings. The zero-order valence-corrected chi connectivity index (χ0v) is 25.0. The van der Waals surface area contributed by atoms with Crippen LogP contribution in [0.1, 0.15) is 40.7 Å². The van der Waals surface area contributed by atoms with Gasteiger partial charge in [-0.2, -0.15) is 0 Å². The number of ketones is 2. The van der Waals surface area contributed by atoms with Gasteiger partial charge >= 0.3 is 0 Å². The van der Waals surface area contributed by atoms with E-state index in [0.29, 0.717) is 16.9 Å². The van der Waals surface area contributed by atoms with Crippen molar-refractivity contribution in [3.63, 3.8) is 0 Å². The molecule has 2 aromatic carbocycles. The number of amides is 1. The van der Waals surface area contributed by atoms with Crippen LogP contribution >= 0.6 is 0 Å². The Kier molecular flexibility index (Phi) is 7.30. The summed E-state index contributed by atoms with van der Waals surface area (Å²) >= 11 is 0. The second kappa shape index (κ2) is 10.8. The average Bonchev–Trinajstić information content (AvgIpc) is 3.48. The van der Waals surface area contributed by atoms with Crippen molar-refractivity contribution >= 4 is 17.5 Å². The maximum Gasteiger partial charge on any atom is 0.255 e. The molecular weight excluding hydrogens is 566 g/mol. The number of likely N-dealkylation sites (tertiary alicyclic amines) is 1. The molecule has 0 spiro atoms. The van der Waals surface area contributed by atoms with Gasteiger partial charge in [0, 0.05) is 23.6 Å². The number of primary amides is 1. The Morgan fingerprint density at radius 3 is 2.43 bits per heavy atom. The molecule has 0 radical (unpaired) electrons. The van der Waals surface area contributed by atoms with Crippen LogP contribution in [0.25, 0.3) is 11.1 Å². The lowest BCUT2D eigenvalue weighted by atomic mass is 9.58. The molecule has 0 bridgehead atoms. The van der Waals surface area contributed by atoms with Crippen LogP contribution in [0, 0.1) is 11.8 Å². The number of ether oxygens (including phenoxy) is 1. The van der Waals surface area contributed by atoms with Crippen LogP contribution in [0.2, 0.25) is 0 Å². The lowest BCUT2D eigenvalue weighted by Crippen LogP contribution is -2.63. The summed E-state index contributed by atoms with van der Waals surface area (Å²) in [5.74, 6) is -6.18. The molecule has 4 aliphatic rings. The summed E-state index contributed by atoms with van der Waals surface area (Å²) in [5.41, 5.74) is 4.76. The highest BCUT2D eigenvalue weighted by Crippen LogP contribution is 2.53. The molecule has 3 aliphatic carbocycles. The fourth-order valence-electron chi connectivity index (χ4n) is 7.77. The minimum absolute atomic E-state index is 0.0208. The topological polar surface area (TPSA) is 174 Å². The first-order valence-electron chi connectivity index (χ1n) is 14.8. The minimum Gasteiger partial charge on any atom is -0.510 e. The van der Waals surface area contributed by atoms with E-state index < -0.39 is 58.0 Å². The van der Waals surface area contributed by atoms with Crippen molar-refractivity contribution in [2.45, 2.75) is 43.9 Å². The number of carbonyl (C=O) groups is 3. The number of benzene rings is 2. The van der Waals surface area contributed by atoms with Gasteiger partial charge in [0.1, 0.15) is 28.6 Å². The number of methoxy groups -OCH3 is 1. The van der Waals surface area contributed by atoms with Gasteiger partial charge in [-0.15, -0.1) is 0 Å². The smallest absolute Gasteiger partial charge is 0.255 e. The number of fused-ring (bicyclic) bond motifs is 3. The van der Waals surface area contributed by atoms with E-state index in [4.69, 9.17) is 10.5 Å². The van der Waals surface area contributed by atoms with Gasteiger partial charge in [-0.25, -0.2) is 0 Å². The van der Waals surface area contributed by atoms with E-state index in [-0.39, 0.29) is 29.7 Å². The normalized spacial score (nSPS) is 27.0. The number of carbonyl (C=O) groups excluding carboxylic acids is 3. The highest BCUT2D eigenvalue weighted by Gasteiger charge is 2.63. The summed E-state index contributed by atoms with van der Waals surface area (Å²) in [5, 5.41) is 45.3. The Morgan fingerprint density at radius 1 is 1.09 bits per heavy atom. The van der Waals surface area contributed by atoms with Gasteiger partial charge in [0.25, 0.3) is 5.91 Å². The molecule has 4 atom stereocenters. The number of aliphatic hydroxyl groups is 3. The van der Waals surface area contributed by atoms with Gasteiger partial charge in [0.05, 0.1) is 18.7 Å². The highest BCUT2D eigenvalue weighted by atomic mass is 16.5. The number of hydrogen-bond acceptors (Lipinski definition) is 10. The van der Waals surface area contributed by atoms with Gasteiger partial charge in [-0.3, -0.25) is 24.2 Å². The van der Waals surface area contributed by atoms with E-state index in [9.17, 15) is 34.8 Å². The van der Waals surface area contributed by atoms with Gasteiger partial charge in [0.15, 0.2) is 11.4 Å². The van der Waals surface area contributed by atoms with Crippen molar-refractivity contribution in [1.29, 1.82) is 0 Å². The van der Waals surface area contributed by atoms with E-state index in [1.165, 1.54) is 11.0 Å². The number of Topliss-reactive ketones (excluding diaryl/α,β-unsaturated/α-hetero) is 2. The summed E-state index contributed by atoms with van der Waals surface area (Å²) < 4.78 is 5.72. The predicted molar refractivity (Wildman–Crippen MR) is 160 cm³/mol. The van der Waals surface area contributed by atoms with E-state index in [0.717, 1.165) is 43.6 Å². The van der Waals surface area contributed by atoms with Crippen molar-refractivity contribution < 1.29 is 39.5 Å². The summed E-state index contributed by atoms with van der Waals surface area (Å²) in [4.78, 5) is 43.8. The molecular formula is C33H37N3O8. The van der Waals surface area contributed by atoms with Crippen LogP contribution in [0.5, 0.6) is 11.5 Å². The summed E-state index contributed by atoms with van der Waals surface area (Å²) in [6.07, 6.45) is 2.54. The Balaban J connectivity index is 1.50. The van der Waals surface area contributed by atoms with Crippen molar-refractivity contribution in [2.24, 2.45) is 17.6 Å². The van der Waals surface area contributed by atoms with E-state index in [1.807, 2.05) is 18.2 Å².